The Morgan fingerprint density at radius 2 is 2.11 bits per heavy atom. The van der Waals surface area contributed by atoms with Gasteiger partial charge in [-0.3, -0.25) is 4.79 Å². The Labute approximate surface area is 117 Å². The lowest BCUT2D eigenvalue weighted by Crippen LogP contribution is -2.42. The highest BCUT2D eigenvalue weighted by Crippen LogP contribution is 2.27. The third kappa shape index (κ3) is 3.94. The maximum atomic E-state index is 12.0. The quantitative estimate of drug-likeness (QED) is 0.835. The molecule has 1 heterocycles. The topological polar surface area (TPSA) is 58.6 Å². The van der Waals surface area contributed by atoms with E-state index >= 15 is 0 Å². The Morgan fingerprint density at radius 1 is 1.42 bits per heavy atom. The van der Waals surface area contributed by atoms with Crippen LogP contribution in [0.2, 0.25) is 0 Å². The van der Waals surface area contributed by atoms with E-state index in [1.54, 1.807) is 18.6 Å². The highest BCUT2D eigenvalue weighted by Gasteiger charge is 2.28. The van der Waals surface area contributed by atoms with Gasteiger partial charge in [-0.05, 0) is 12.8 Å². The molecule has 1 amide bonds. The van der Waals surface area contributed by atoms with Crippen LogP contribution >= 0.6 is 11.3 Å². The van der Waals surface area contributed by atoms with Crippen molar-refractivity contribution in [2.75, 3.05) is 13.7 Å². The van der Waals surface area contributed by atoms with E-state index in [-0.39, 0.29) is 5.91 Å². The summed E-state index contributed by atoms with van der Waals surface area (Å²) in [5, 5.41) is 15.1. The second-order valence-electron chi connectivity index (χ2n) is 5.17. The highest BCUT2D eigenvalue weighted by molar-refractivity contribution is 7.12. The van der Waals surface area contributed by atoms with Crippen molar-refractivity contribution >= 4 is 17.2 Å². The van der Waals surface area contributed by atoms with Crippen LogP contribution < -0.4 is 10.1 Å². The van der Waals surface area contributed by atoms with Crippen LogP contribution in [0, 0.1) is 0 Å². The Hall–Kier alpha value is -1.07. The molecule has 0 saturated heterocycles. The molecule has 1 aliphatic rings. The first-order chi connectivity index (χ1) is 9.13. The molecule has 0 aliphatic heterocycles. The number of thiophene rings is 1. The zero-order valence-corrected chi connectivity index (χ0v) is 12.1. The molecule has 0 aromatic carbocycles. The average Bonchev–Trinajstić information content (AvgIpc) is 2.79. The summed E-state index contributed by atoms with van der Waals surface area (Å²) < 4.78 is 5.06. The van der Waals surface area contributed by atoms with Gasteiger partial charge in [0, 0.05) is 18.0 Å². The lowest BCUT2D eigenvalue weighted by molar-refractivity contribution is 0.0247. The molecule has 1 aromatic rings. The van der Waals surface area contributed by atoms with Gasteiger partial charge >= 0.3 is 0 Å². The average molecular weight is 283 g/mol. The molecule has 1 fully saturated rings. The molecular formula is C14H21NO3S. The van der Waals surface area contributed by atoms with Gasteiger partial charge in [-0.1, -0.05) is 25.7 Å². The van der Waals surface area contributed by atoms with Crippen molar-refractivity contribution in [1.29, 1.82) is 0 Å². The van der Waals surface area contributed by atoms with Crippen molar-refractivity contribution in [3.05, 3.63) is 16.3 Å². The van der Waals surface area contributed by atoms with E-state index < -0.39 is 5.60 Å². The van der Waals surface area contributed by atoms with Gasteiger partial charge in [-0.15, -0.1) is 11.3 Å². The zero-order valence-electron chi connectivity index (χ0n) is 11.3. The summed E-state index contributed by atoms with van der Waals surface area (Å²) in [6.07, 6.45) is 6.00. The van der Waals surface area contributed by atoms with Crippen molar-refractivity contribution in [3.8, 4) is 5.75 Å². The summed E-state index contributed by atoms with van der Waals surface area (Å²) in [5.41, 5.74) is -0.729. The maximum absolute atomic E-state index is 12.0. The zero-order chi connectivity index (χ0) is 13.7. The molecule has 1 aromatic heterocycles. The second kappa shape index (κ2) is 6.39. The molecular weight excluding hydrogens is 262 g/mol. The van der Waals surface area contributed by atoms with E-state index in [1.165, 1.54) is 24.2 Å². The smallest absolute Gasteiger partial charge is 0.261 e. The van der Waals surface area contributed by atoms with Crippen LogP contribution in [0.3, 0.4) is 0 Å². The summed E-state index contributed by atoms with van der Waals surface area (Å²) in [5.74, 6) is 0.564. The van der Waals surface area contributed by atoms with Crippen LogP contribution in [0.25, 0.3) is 0 Å². The largest absolute Gasteiger partial charge is 0.496 e. The van der Waals surface area contributed by atoms with Gasteiger partial charge in [-0.2, -0.15) is 0 Å². The molecule has 0 spiro atoms. The number of aliphatic hydroxyl groups is 1. The standard InChI is InChI=1S/C14H21NO3S/c1-18-11-8-12(19-9-11)13(16)15-10-14(17)6-4-2-3-5-7-14/h8-9,17H,2-7,10H2,1H3,(H,15,16). The summed E-state index contributed by atoms with van der Waals surface area (Å²) >= 11 is 1.35. The van der Waals surface area contributed by atoms with Gasteiger partial charge in [0.25, 0.3) is 5.91 Å². The van der Waals surface area contributed by atoms with E-state index in [1.807, 2.05) is 0 Å². The fraction of sp³-hybridized carbons (Fsp3) is 0.643. The number of hydrogen-bond acceptors (Lipinski definition) is 4. The molecule has 0 atom stereocenters. The first-order valence-electron chi connectivity index (χ1n) is 6.76. The van der Waals surface area contributed by atoms with Crippen molar-refractivity contribution in [1.82, 2.24) is 5.32 Å². The number of methoxy groups -OCH3 is 1. The number of ether oxygens (including phenoxy) is 1. The van der Waals surface area contributed by atoms with Crippen molar-refractivity contribution < 1.29 is 14.6 Å². The minimum Gasteiger partial charge on any atom is -0.496 e. The SMILES string of the molecule is COc1csc(C(=O)NCC2(O)CCCCCC2)c1. The highest BCUT2D eigenvalue weighted by atomic mass is 32.1. The number of nitrogens with one attached hydrogen (secondary N) is 1. The third-order valence-electron chi connectivity index (χ3n) is 3.65. The lowest BCUT2D eigenvalue weighted by atomic mass is 9.94. The van der Waals surface area contributed by atoms with Crippen LogP contribution in [0.15, 0.2) is 11.4 Å². The Morgan fingerprint density at radius 3 is 2.68 bits per heavy atom. The van der Waals surface area contributed by atoms with Crippen LogP contribution in [0.4, 0.5) is 0 Å². The summed E-state index contributed by atoms with van der Waals surface area (Å²) in [6.45, 7) is 0.339. The molecule has 5 heteroatoms. The predicted molar refractivity (Wildman–Crippen MR) is 75.9 cm³/mol. The first-order valence-corrected chi connectivity index (χ1v) is 7.64. The molecule has 1 saturated carbocycles. The minimum absolute atomic E-state index is 0.133. The molecule has 0 radical (unpaired) electrons. The van der Waals surface area contributed by atoms with E-state index in [0.717, 1.165) is 25.7 Å². The Kier molecular flexibility index (Phi) is 4.82. The Bertz CT molecular complexity index is 422. The number of rotatable bonds is 4. The molecule has 0 bridgehead atoms. The van der Waals surface area contributed by atoms with Gasteiger partial charge in [0.15, 0.2) is 0 Å². The van der Waals surface area contributed by atoms with Crippen molar-refractivity contribution in [2.24, 2.45) is 0 Å². The monoisotopic (exact) mass is 283 g/mol. The second-order valence-corrected chi connectivity index (χ2v) is 6.08. The summed E-state index contributed by atoms with van der Waals surface area (Å²) in [6, 6.07) is 1.72. The van der Waals surface area contributed by atoms with Crippen LogP contribution in [-0.2, 0) is 0 Å². The first kappa shape index (κ1) is 14.3. The van der Waals surface area contributed by atoms with E-state index in [9.17, 15) is 9.90 Å². The molecule has 4 nitrogen and oxygen atoms in total. The van der Waals surface area contributed by atoms with Gasteiger partial charge in [0.05, 0.1) is 17.6 Å². The summed E-state index contributed by atoms with van der Waals surface area (Å²) in [7, 11) is 1.58. The molecule has 19 heavy (non-hydrogen) atoms. The van der Waals surface area contributed by atoms with Gasteiger partial charge in [0.2, 0.25) is 0 Å². The summed E-state index contributed by atoms with van der Waals surface area (Å²) in [4.78, 5) is 12.6. The predicted octanol–water partition coefficient (Wildman–Crippen LogP) is 2.57. The van der Waals surface area contributed by atoms with Crippen LogP contribution in [0.1, 0.15) is 48.2 Å². The van der Waals surface area contributed by atoms with E-state index in [0.29, 0.717) is 17.2 Å². The van der Waals surface area contributed by atoms with Gasteiger partial charge in [-0.25, -0.2) is 0 Å². The Balaban J connectivity index is 1.88. The third-order valence-corrected chi connectivity index (χ3v) is 4.55. The number of hydrogen-bond donors (Lipinski definition) is 2. The fourth-order valence-electron chi connectivity index (χ4n) is 2.44. The number of carbonyl (C=O) groups is 1. The van der Waals surface area contributed by atoms with E-state index in [4.69, 9.17) is 4.74 Å². The van der Waals surface area contributed by atoms with E-state index in [2.05, 4.69) is 5.32 Å². The van der Waals surface area contributed by atoms with Gasteiger partial charge < -0.3 is 15.2 Å². The maximum Gasteiger partial charge on any atom is 0.261 e. The van der Waals surface area contributed by atoms with Crippen LogP contribution in [-0.4, -0.2) is 30.3 Å². The molecule has 106 valence electrons. The number of carbonyl (C=O) groups excluding carboxylic acids is 1. The lowest BCUT2D eigenvalue weighted by Gasteiger charge is -2.26. The molecule has 1 aliphatic carbocycles. The normalized spacial score (nSPS) is 18.6. The fourth-order valence-corrected chi connectivity index (χ4v) is 3.21. The molecule has 0 unspecified atom stereocenters. The van der Waals surface area contributed by atoms with Crippen molar-refractivity contribution in [3.63, 3.8) is 0 Å². The van der Waals surface area contributed by atoms with Gasteiger partial charge in [0.1, 0.15) is 5.75 Å². The molecule has 2 N–H and O–H groups in total. The van der Waals surface area contributed by atoms with Crippen molar-refractivity contribution in [2.45, 2.75) is 44.1 Å². The number of amides is 1. The molecule has 2 rings (SSSR count). The van der Waals surface area contributed by atoms with Crippen LogP contribution in [0.5, 0.6) is 5.75 Å². The minimum atomic E-state index is -0.729.